The van der Waals surface area contributed by atoms with Crippen LogP contribution in [0.1, 0.15) is 17.4 Å². The number of hydrogen-bond donors (Lipinski definition) is 2. The van der Waals surface area contributed by atoms with E-state index in [0.29, 0.717) is 13.1 Å². The number of carbonyl (C=O) groups is 2. The lowest BCUT2D eigenvalue weighted by Gasteiger charge is -2.12. The Labute approximate surface area is 111 Å². The molecule has 106 valence electrons. The van der Waals surface area contributed by atoms with E-state index in [-0.39, 0.29) is 24.1 Å². The summed E-state index contributed by atoms with van der Waals surface area (Å²) in [5, 5.41) is 2.69. The molecule has 8 nitrogen and oxygen atoms in total. The van der Waals surface area contributed by atoms with Gasteiger partial charge in [-0.05, 0) is 6.92 Å². The van der Waals surface area contributed by atoms with Gasteiger partial charge >= 0.3 is 12.0 Å². The van der Waals surface area contributed by atoms with Gasteiger partial charge in [0.1, 0.15) is 5.82 Å². The number of urea groups is 1. The molecule has 0 aliphatic heterocycles. The number of nitrogens with one attached hydrogen (secondary N) is 1. The highest BCUT2D eigenvalue weighted by molar-refractivity contribution is 5.92. The van der Waals surface area contributed by atoms with Crippen molar-refractivity contribution in [3.63, 3.8) is 0 Å². The summed E-state index contributed by atoms with van der Waals surface area (Å²) >= 11 is 0. The first-order chi connectivity index (χ1) is 8.97. The minimum absolute atomic E-state index is 0.0980. The Morgan fingerprint density at radius 3 is 2.79 bits per heavy atom. The molecule has 0 unspecified atom stereocenters. The molecular weight excluding hydrogens is 250 g/mol. The van der Waals surface area contributed by atoms with Crippen LogP contribution < -0.4 is 11.1 Å². The van der Waals surface area contributed by atoms with Gasteiger partial charge in [0.2, 0.25) is 0 Å². The number of esters is 1. The van der Waals surface area contributed by atoms with E-state index in [2.05, 4.69) is 10.3 Å². The van der Waals surface area contributed by atoms with E-state index in [4.69, 9.17) is 10.5 Å². The summed E-state index contributed by atoms with van der Waals surface area (Å²) in [6, 6.07) is -0.190. The fourth-order valence-corrected chi connectivity index (χ4v) is 1.37. The zero-order valence-electron chi connectivity index (χ0n) is 11.3. The molecule has 0 aliphatic carbocycles. The highest BCUT2D eigenvalue weighted by atomic mass is 16.5. The molecule has 2 amide bonds. The summed E-state index contributed by atoms with van der Waals surface area (Å²) in [6.07, 6.45) is 1.45. The van der Waals surface area contributed by atoms with E-state index in [1.807, 2.05) is 0 Å². The van der Waals surface area contributed by atoms with E-state index in [1.54, 1.807) is 25.6 Å². The molecule has 0 saturated heterocycles. The van der Waals surface area contributed by atoms with Crippen molar-refractivity contribution < 1.29 is 14.3 Å². The molecule has 0 aliphatic rings. The first-order valence-electron chi connectivity index (χ1n) is 5.90. The largest absolute Gasteiger partial charge is 0.461 e. The van der Waals surface area contributed by atoms with Crippen LogP contribution in [0.25, 0.3) is 0 Å². The maximum atomic E-state index is 11.5. The Bertz CT molecular complexity index is 455. The summed E-state index contributed by atoms with van der Waals surface area (Å²) in [7, 11) is 3.31. The van der Waals surface area contributed by atoms with Gasteiger partial charge in [0.05, 0.1) is 12.9 Å². The smallest absolute Gasteiger partial charge is 0.360 e. The number of aromatic nitrogens is 2. The van der Waals surface area contributed by atoms with Crippen molar-refractivity contribution in [3.05, 3.63) is 12.0 Å². The second-order valence-corrected chi connectivity index (χ2v) is 4.02. The molecular formula is C11H19N5O3. The quantitative estimate of drug-likeness (QED) is 0.727. The topological polar surface area (TPSA) is 102 Å². The Balaban J connectivity index is 2.56. The van der Waals surface area contributed by atoms with Crippen molar-refractivity contribution in [2.24, 2.45) is 0 Å². The number of ether oxygens (including phenoxy) is 1. The van der Waals surface area contributed by atoms with Crippen LogP contribution in [0.5, 0.6) is 0 Å². The molecule has 0 bridgehead atoms. The normalized spacial score (nSPS) is 10.1. The number of carbonyl (C=O) groups excluding carboxylic acids is 2. The van der Waals surface area contributed by atoms with Crippen molar-refractivity contribution >= 4 is 17.8 Å². The van der Waals surface area contributed by atoms with Crippen LogP contribution in [0, 0.1) is 0 Å². The fraction of sp³-hybridized carbons (Fsp3) is 0.545. The lowest BCUT2D eigenvalue weighted by Crippen LogP contribution is -2.36. The number of amides is 2. The van der Waals surface area contributed by atoms with Gasteiger partial charge in [-0.1, -0.05) is 0 Å². The van der Waals surface area contributed by atoms with Gasteiger partial charge in [-0.25, -0.2) is 14.6 Å². The highest BCUT2D eigenvalue weighted by Crippen LogP contribution is 2.10. The second-order valence-electron chi connectivity index (χ2n) is 4.02. The minimum Gasteiger partial charge on any atom is -0.461 e. The van der Waals surface area contributed by atoms with Gasteiger partial charge in [0.25, 0.3) is 0 Å². The monoisotopic (exact) mass is 269 g/mol. The zero-order valence-corrected chi connectivity index (χ0v) is 11.3. The number of nitrogens with two attached hydrogens (primary N) is 1. The van der Waals surface area contributed by atoms with Crippen LogP contribution in [0.2, 0.25) is 0 Å². The second kappa shape index (κ2) is 6.62. The number of rotatable bonds is 5. The molecule has 1 aromatic rings. The zero-order chi connectivity index (χ0) is 14.4. The van der Waals surface area contributed by atoms with Crippen molar-refractivity contribution in [2.75, 3.05) is 33.0 Å². The average molecular weight is 269 g/mol. The lowest BCUT2D eigenvalue weighted by molar-refractivity contribution is 0.0521. The van der Waals surface area contributed by atoms with E-state index in [1.165, 1.54) is 11.2 Å². The maximum absolute atomic E-state index is 11.5. The summed E-state index contributed by atoms with van der Waals surface area (Å²) in [6.45, 7) is 2.80. The summed E-state index contributed by atoms with van der Waals surface area (Å²) < 4.78 is 6.41. The molecule has 1 aromatic heterocycles. The Morgan fingerprint density at radius 1 is 1.53 bits per heavy atom. The van der Waals surface area contributed by atoms with Crippen LogP contribution in [0.3, 0.4) is 0 Å². The molecule has 8 heteroatoms. The van der Waals surface area contributed by atoms with Crippen molar-refractivity contribution in [1.82, 2.24) is 19.8 Å². The third kappa shape index (κ3) is 3.87. The van der Waals surface area contributed by atoms with Crippen molar-refractivity contribution in [2.45, 2.75) is 13.5 Å². The molecule has 0 radical (unpaired) electrons. The number of nitrogens with zero attached hydrogens (tertiary/aromatic N) is 3. The maximum Gasteiger partial charge on any atom is 0.360 e. The van der Waals surface area contributed by atoms with Crippen molar-refractivity contribution in [3.8, 4) is 0 Å². The highest BCUT2D eigenvalue weighted by Gasteiger charge is 2.16. The van der Waals surface area contributed by atoms with Gasteiger partial charge in [0.15, 0.2) is 5.69 Å². The summed E-state index contributed by atoms with van der Waals surface area (Å²) in [5.41, 5.74) is 5.89. The molecule has 0 aromatic carbocycles. The number of imidazole rings is 1. The first-order valence-corrected chi connectivity index (χ1v) is 5.90. The van der Waals surface area contributed by atoms with Crippen molar-refractivity contribution in [1.29, 1.82) is 0 Å². The van der Waals surface area contributed by atoms with Gasteiger partial charge in [0, 0.05) is 27.2 Å². The van der Waals surface area contributed by atoms with Gasteiger partial charge in [-0.3, -0.25) is 0 Å². The first kappa shape index (κ1) is 14.8. The van der Waals surface area contributed by atoms with Crippen LogP contribution in [-0.2, 0) is 11.3 Å². The van der Waals surface area contributed by atoms with E-state index < -0.39 is 5.97 Å². The van der Waals surface area contributed by atoms with Crippen LogP contribution in [0.15, 0.2) is 6.33 Å². The molecule has 0 saturated carbocycles. The van der Waals surface area contributed by atoms with Crippen LogP contribution in [-0.4, -0.2) is 53.7 Å². The predicted molar refractivity (Wildman–Crippen MR) is 69.7 cm³/mol. The molecule has 1 heterocycles. The molecule has 1 rings (SSSR count). The molecule has 0 atom stereocenters. The molecule has 3 N–H and O–H groups in total. The fourth-order valence-electron chi connectivity index (χ4n) is 1.37. The third-order valence-corrected chi connectivity index (χ3v) is 2.38. The Hall–Kier alpha value is -2.25. The molecule has 0 spiro atoms. The van der Waals surface area contributed by atoms with E-state index in [9.17, 15) is 9.59 Å². The third-order valence-electron chi connectivity index (χ3n) is 2.38. The van der Waals surface area contributed by atoms with E-state index in [0.717, 1.165) is 0 Å². The average Bonchev–Trinajstić information content (AvgIpc) is 2.71. The van der Waals surface area contributed by atoms with E-state index >= 15 is 0 Å². The SMILES string of the molecule is CCOC(=O)c1ncn(CCNC(=O)N(C)C)c1N. The van der Waals surface area contributed by atoms with Crippen LogP contribution in [0.4, 0.5) is 10.6 Å². The molecule has 0 fully saturated rings. The van der Waals surface area contributed by atoms with Gasteiger partial charge in [-0.15, -0.1) is 0 Å². The number of anilines is 1. The summed E-state index contributed by atoms with van der Waals surface area (Å²) in [4.78, 5) is 28.1. The Kier molecular flexibility index (Phi) is 5.16. The number of hydrogen-bond acceptors (Lipinski definition) is 5. The predicted octanol–water partition coefficient (Wildman–Crippen LogP) is -0.0868. The Morgan fingerprint density at radius 2 is 2.21 bits per heavy atom. The van der Waals surface area contributed by atoms with Gasteiger partial charge in [-0.2, -0.15) is 0 Å². The lowest BCUT2D eigenvalue weighted by atomic mass is 10.4. The van der Waals surface area contributed by atoms with Crippen LogP contribution >= 0.6 is 0 Å². The standard InChI is InChI=1S/C11H19N5O3/c1-4-19-10(17)8-9(12)16(7-14-8)6-5-13-11(18)15(2)3/h7H,4-6,12H2,1-3H3,(H,13,18). The number of nitrogen functional groups attached to an aromatic ring is 1. The summed E-state index contributed by atoms with van der Waals surface area (Å²) in [5.74, 6) is -0.311. The molecule has 19 heavy (non-hydrogen) atoms. The van der Waals surface area contributed by atoms with Gasteiger partial charge < -0.3 is 25.3 Å². The minimum atomic E-state index is -0.545.